The molecule has 1 amide bonds. The van der Waals surface area contributed by atoms with Gasteiger partial charge in [-0.3, -0.25) is 4.79 Å². The van der Waals surface area contributed by atoms with Crippen LogP contribution in [-0.2, 0) is 4.74 Å². The molecule has 1 aliphatic heterocycles. The largest absolute Gasteiger partial charge is 0.385 e. The number of hydrogen-bond acceptors (Lipinski definition) is 2. The zero-order valence-corrected chi connectivity index (χ0v) is 12.0. The van der Waals surface area contributed by atoms with E-state index in [1.165, 1.54) is 0 Å². The molecule has 19 heavy (non-hydrogen) atoms. The summed E-state index contributed by atoms with van der Waals surface area (Å²) in [6, 6.07) is 7.11. The van der Waals surface area contributed by atoms with Crippen molar-refractivity contribution in [1.29, 1.82) is 0 Å². The molecule has 3 nitrogen and oxygen atoms in total. The second kappa shape index (κ2) is 6.92. The normalized spacial score (nSPS) is 16.6. The van der Waals surface area contributed by atoms with E-state index in [1.807, 2.05) is 4.90 Å². The fourth-order valence-corrected chi connectivity index (χ4v) is 2.61. The first-order valence-electron chi connectivity index (χ1n) is 6.74. The van der Waals surface area contributed by atoms with Crippen LogP contribution in [-0.4, -0.2) is 37.6 Å². The van der Waals surface area contributed by atoms with E-state index in [0.717, 1.165) is 44.5 Å². The van der Waals surface area contributed by atoms with Gasteiger partial charge in [0.15, 0.2) is 0 Å². The van der Waals surface area contributed by atoms with Gasteiger partial charge in [0.2, 0.25) is 0 Å². The van der Waals surface area contributed by atoms with Crippen LogP contribution in [0.2, 0.25) is 5.02 Å². The number of amides is 1. The number of rotatable bonds is 4. The molecule has 0 N–H and O–H groups in total. The predicted molar refractivity (Wildman–Crippen MR) is 76.6 cm³/mol. The van der Waals surface area contributed by atoms with Crippen LogP contribution >= 0.6 is 11.6 Å². The minimum atomic E-state index is 0.113. The van der Waals surface area contributed by atoms with Crippen molar-refractivity contribution in [2.24, 2.45) is 5.92 Å². The van der Waals surface area contributed by atoms with Gasteiger partial charge in [-0.05, 0) is 49.4 Å². The molecule has 0 atom stereocenters. The standard InChI is InChI=1S/C15H20ClNO2/c1-19-11-8-12-6-9-17(10-7-12)15(18)13-2-4-14(16)5-3-13/h2-5,12H,6-11H2,1H3. The zero-order valence-electron chi connectivity index (χ0n) is 11.3. The Kier molecular flexibility index (Phi) is 5.23. The molecule has 0 aromatic heterocycles. The van der Waals surface area contributed by atoms with Crippen molar-refractivity contribution in [1.82, 2.24) is 4.90 Å². The van der Waals surface area contributed by atoms with Gasteiger partial charge in [-0.1, -0.05) is 11.6 Å². The van der Waals surface area contributed by atoms with Crippen LogP contribution in [0, 0.1) is 5.92 Å². The van der Waals surface area contributed by atoms with Crippen molar-refractivity contribution in [3.8, 4) is 0 Å². The van der Waals surface area contributed by atoms with Gasteiger partial charge in [0.25, 0.3) is 5.91 Å². The number of piperidine rings is 1. The number of methoxy groups -OCH3 is 1. The number of ether oxygens (including phenoxy) is 1. The van der Waals surface area contributed by atoms with Crippen molar-refractivity contribution in [3.63, 3.8) is 0 Å². The summed E-state index contributed by atoms with van der Waals surface area (Å²) in [6.45, 7) is 2.50. The zero-order chi connectivity index (χ0) is 13.7. The van der Waals surface area contributed by atoms with E-state index >= 15 is 0 Å². The number of carbonyl (C=O) groups excluding carboxylic acids is 1. The van der Waals surface area contributed by atoms with Crippen LogP contribution in [0.1, 0.15) is 29.6 Å². The molecule has 4 heteroatoms. The molecule has 0 unspecified atom stereocenters. The van der Waals surface area contributed by atoms with Crippen molar-refractivity contribution < 1.29 is 9.53 Å². The van der Waals surface area contributed by atoms with Crippen LogP contribution in [0.3, 0.4) is 0 Å². The molecule has 0 radical (unpaired) electrons. The number of carbonyl (C=O) groups is 1. The number of hydrogen-bond donors (Lipinski definition) is 0. The third kappa shape index (κ3) is 3.95. The molecule has 104 valence electrons. The Morgan fingerprint density at radius 1 is 1.32 bits per heavy atom. The third-order valence-corrected chi connectivity index (χ3v) is 3.98. The van der Waals surface area contributed by atoms with Crippen LogP contribution in [0.5, 0.6) is 0 Å². The Balaban J connectivity index is 1.87. The summed E-state index contributed by atoms with van der Waals surface area (Å²) in [5.74, 6) is 0.802. The van der Waals surface area contributed by atoms with Crippen molar-refractivity contribution in [2.45, 2.75) is 19.3 Å². The van der Waals surface area contributed by atoms with Crippen LogP contribution in [0.4, 0.5) is 0 Å². The Morgan fingerprint density at radius 3 is 2.53 bits per heavy atom. The van der Waals surface area contributed by atoms with Gasteiger partial charge in [-0.15, -0.1) is 0 Å². The maximum atomic E-state index is 12.3. The first-order valence-corrected chi connectivity index (χ1v) is 7.12. The molecule has 1 heterocycles. The third-order valence-electron chi connectivity index (χ3n) is 3.72. The van der Waals surface area contributed by atoms with Crippen LogP contribution in [0.25, 0.3) is 0 Å². The predicted octanol–water partition coefficient (Wildman–Crippen LogP) is 3.23. The minimum absolute atomic E-state index is 0.113. The molecule has 1 aliphatic rings. The quantitative estimate of drug-likeness (QED) is 0.848. The van der Waals surface area contributed by atoms with E-state index in [1.54, 1.807) is 31.4 Å². The highest BCUT2D eigenvalue weighted by Crippen LogP contribution is 2.22. The lowest BCUT2D eigenvalue weighted by molar-refractivity contribution is 0.0670. The molecule has 1 fully saturated rings. The van der Waals surface area contributed by atoms with E-state index in [-0.39, 0.29) is 5.91 Å². The smallest absolute Gasteiger partial charge is 0.253 e. The highest BCUT2D eigenvalue weighted by atomic mass is 35.5. The molecular weight excluding hydrogens is 262 g/mol. The lowest BCUT2D eigenvalue weighted by atomic mass is 9.93. The van der Waals surface area contributed by atoms with E-state index in [2.05, 4.69) is 0 Å². The summed E-state index contributed by atoms with van der Waals surface area (Å²) in [5, 5.41) is 0.662. The highest BCUT2D eigenvalue weighted by Gasteiger charge is 2.23. The average molecular weight is 282 g/mol. The Labute approximate surface area is 119 Å². The molecule has 1 saturated heterocycles. The van der Waals surface area contributed by atoms with Gasteiger partial charge < -0.3 is 9.64 Å². The van der Waals surface area contributed by atoms with Gasteiger partial charge in [0.1, 0.15) is 0 Å². The van der Waals surface area contributed by atoms with Gasteiger partial charge >= 0.3 is 0 Å². The van der Waals surface area contributed by atoms with Gasteiger partial charge in [-0.2, -0.15) is 0 Å². The molecule has 0 aliphatic carbocycles. The maximum Gasteiger partial charge on any atom is 0.253 e. The average Bonchev–Trinajstić information content (AvgIpc) is 2.46. The van der Waals surface area contributed by atoms with Crippen molar-refractivity contribution in [3.05, 3.63) is 34.9 Å². The molecule has 2 rings (SSSR count). The second-order valence-electron chi connectivity index (χ2n) is 5.02. The second-order valence-corrected chi connectivity index (χ2v) is 5.46. The number of likely N-dealkylation sites (tertiary alicyclic amines) is 1. The molecule has 1 aromatic carbocycles. The highest BCUT2D eigenvalue weighted by molar-refractivity contribution is 6.30. The van der Waals surface area contributed by atoms with Gasteiger partial charge in [0.05, 0.1) is 0 Å². The maximum absolute atomic E-state index is 12.3. The number of nitrogens with zero attached hydrogens (tertiary/aromatic N) is 1. The first-order chi connectivity index (χ1) is 9.20. The lowest BCUT2D eigenvalue weighted by Crippen LogP contribution is -2.38. The number of benzene rings is 1. The Bertz CT molecular complexity index is 411. The fraction of sp³-hybridized carbons (Fsp3) is 0.533. The SMILES string of the molecule is COCCC1CCN(C(=O)c2ccc(Cl)cc2)CC1. The lowest BCUT2D eigenvalue weighted by Gasteiger charge is -2.32. The topological polar surface area (TPSA) is 29.5 Å². The summed E-state index contributed by atoms with van der Waals surface area (Å²) in [4.78, 5) is 14.2. The molecule has 1 aromatic rings. The van der Waals surface area contributed by atoms with E-state index in [9.17, 15) is 4.79 Å². The van der Waals surface area contributed by atoms with Crippen molar-refractivity contribution >= 4 is 17.5 Å². The monoisotopic (exact) mass is 281 g/mol. The van der Waals surface area contributed by atoms with Gasteiger partial charge in [-0.25, -0.2) is 0 Å². The fourth-order valence-electron chi connectivity index (χ4n) is 2.48. The molecule has 0 saturated carbocycles. The summed E-state index contributed by atoms with van der Waals surface area (Å²) in [6.07, 6.45) is 3.24. The molecule has 0 bridgehead atoms. The van der Waals surface area contributed by atoms with Crippen LogP contribution in [0.15, 0.2) is 24.3 Å². The Hall–Kier alpha value is -1.06. The van der Waals surface area contributed by atoms with E-state index in [4.69, 9.17) is 16.3 Å². The molecular formula is C15H20ClNO2. The number of halogens is 1. The van der Waals surface area contributed by atoms with Crippen molar-refractivity contribution in [2.75, 3.05) is 26.8 Å². The summed E-state index contributed by atoms with van der Waals surface area (Å²) < 4.78 is 5.11. The van der Waals surface area contributed by atoms with Crippen LogP contribution < -0.4 is 0 Å². The minimum Gasteiger partial charge on any atom is -0.385 e. The Morgan fingerprint density at radius 2 is 1.95 bits per heavy atom. The van der Waals surface area contributed by atoms with E-state index < -0.39 is 0 Å². The first kappa shape index (κ1) is 14.4. The summed E-state index contributed by atoms with van der Waals surface area (Å²) in [7, 11) is 1.74. The summed E-state index contributed by atoms with van der Waals surface area (Å²) in [5.41, 5.74) is 0.722. The molecule has 0 spiro atoms. The van der Waals surface area contributed by atoms with Gasteiger partial charge in [0, 0.05) is 37.4 Å². The van der Waals surface area contributed by atoms with E-state index in [0.29, 0.717) is 10.9 Å². The summed E-state index contributed by atoms with van der Waals surface area (Å²) >= 11 is 5.83.